The number of pyridine rings is 1. The number of hydrogen-bond donors (Lipinski definition) is 1. The zero-order valence-corrected chi connectivity index (χ0v) is 25.4. The molecule has 0 saturated heterocycles. The van der Waals surface area contributed by atoms with Gasteiger partial charge in [-0.1, -0.05) is 42.8 Å². The molecule has 1 aliphatic rings. The van der Waals surface area contributed by atoms with Gasteiger partial charge in [0.1, 0.15) is 11.6 Å². The number of nitrogens with zero attached hydrogens (tertiary/aromatic N) is 3. The van der Waals surface area contributed by atoms with Crippen LogP contribution >= 0.6 is 11.6 Å². The number of aromatic carboxylic acids is 1. The average Bonchev–Trinajstić information content (AvgIpc) is 3.43. The molecular weight excluding hydrogens is 570 g/mol. The van der Waals surface area contributed by atoms with Crippen LogP contribution in [0.25, 0.3) is 55.7 Å². The third-order valence-corrected chi connectivity index (χ3v) is 9.14. The van der Waals surface area contributed by atoms with Gasteiger partial charge in [-0.15, -0.1) is 0 Å². The van der Waals surface area contributed by atoms with Crippen molar-refractivity contribution in [2.24, 2.45) is 5.92 Å². The molecule has 1 saturated carbocycles. The van der Waals surface area contributed by atoms with Gasteiger partial charge in [-0.3, -0.25) is 0 Å². The van der Waals surface area contributed by atoms with Crippen LogP contribution in [0.5, 0.6) is 5.75 Å². The minimum atomic E-state index is -0.947. The molecule has 2 aromatic heterocycles. The van der Waals surface area contributed by atoms with E-state index in [1.165, 1.54) is 12.8 Å². The Morgan fingerprint density at radius 3 is 2.34 bits per heavy atom. The molecule has 2 heterocycles. The van der Waals surface area contributed by atoms with Crippen LogP contribution in [0.3, 0.4) is 0 Å². The monoisotopic (exact) mass is 601 g/mol. The number of carbonyl (C=O) groups is 1. The summed E-state index contributed by atoms with van der Waals surface area (Å²) in [6.45, 7) is 2.32. The first-order valence-corrected chi connectivity index (χ1v) is 15.4. The van der Waals surface area contributed by atoms with Gasteiger partial charge in [0.15, 0.2) is 0 Å². The molecule has 220 valence electrons. The average molecular weight is 602 g/mol. The van der Waals surface area contributed by atoms with Gasteiger partial charge in [0, 0.05) is 27.6 Å². The zero-order chi connectivity index (χ0) is 30.4. The molecule has 44 heavy (non-hydrogen) atoms. The van der Waals surface area contributed by atoms with Crippen molar-refractivity contribution in [3.8, 4) is 39.5 Å². The Morgan fingerprint density at radius 2 is 1.59 bits per heavy atom. The summed E-state index contributed by atoms with van der Waals surface area (Å²) in [6.07, 6.45) is 4.50. The van der Waals surface area contributed by atoms with Crippen molar-refractivity contribution in [3.05, 3.63) is 102 Å². The Hall–Kier alpha value is -4.68. The molecule has 0 radical (unpaired) electrons. The largest absolute Gasteiger partial charge is 0.497 e. The summed E-state index contributed by atoms with van der Waals surface area (Å²) in [5.74, 6) is 1.40. The van der Waals surface area contributed by atoms with Crippen LogP contribution < -0.4 is 4.74 Å². The van der Waals surface area contributed by atoms with Gasteiger partial charge in [0.2, 0.25) is 0 Å². The molecule has 7 rings (SSSR count). The highest BCUT2D eigenvalue weighted by Crippen LogP contribution is 2.39. The first-order chi connectivity index (χ1) is 21.4. The molecule has 0 amide bonds. The van der Waals surface area contributed by atoms with Gasteiger partial charge < -0.3 is 14.4 Å². The van der Waals surface area contributed by atoms with Crippen molar-refractivity contribution in [3.63, 3.8) is 0 Å². The number of aromatic nitrogens is 3. The number of hydrogen-bond acceptors (Lipinski definition) is 4. The first-order valence-electron chi connectivity index (χ1n) is 15.0. The predicted molar refractivity (Wildman–Crippen MR) is 177 cm³/mol. The number of methoxy groups -OCH3 is 1. The molecule has 7 heteroatoms. The van der Waals surface area contributed by atoms with Gasteiger partial charge in [-0.25, -0.2) is 14.8 Å². The fraction of sp³-hybridized carbons (Fsp3) is 0.216. The third kappa shape index (κ3) is 5.20. The molecular formula is C37H32ClN3O3. The number of carboxylic acid groups (broad SMARTS) is 1. The number of fused-ring (bicyclic) bond motifs is 2. The standard InChI is InChI=1S/C37H32ClN3O3/c1-22-3-12-28(13-4-22)41-35-18-9-26(37(42)43)20-34(35)40-36(41)25-8-16-32-24(19-25)7-17-33(39-32)31-21-29(44-2)14-15-30(31)23-5-10-27(38)11-6-23/h5-11,14-22,28H,3-4,12-13H2,1-2H3,(H,42,43). The van der Waals surface area contributed by atoms with Crippen LogP contribution in [-0.2, 0) is 0 Å². The van der Waals surface area contributed by atoms with Crippen LogP contribution in [0.1, 0.15) is 49.0 Å². The van der Waals surface area contributed by atoms with E-state index in [1.807, 2.05) is 54.6 Å². The van der Waals surface area contributed by atoms with Gasteiger partial charge in [0.25, 0.3) is 0 Å². The van der Waals surface area contributed by atoms with Gasteiger partial charge in [0.05, 0.1) is 34.9 Å². The van der Waals surface area contributed by atoms with Crippen molar-refractivity contribution in [2.75, 3.05) is 7.11 Å². The number of imidazole rings is 1. The van der Waals surface area contributed by atoms with Crippen molar-refractivity contribution in [2.45, 2.75) is 38.6 Å². The SMILES string of the molecule is COc1ccc(-c2ccc(Cl)cc2)c(-c2ccc3cc(-c4nc5cc(C(=O)O)ccc5n4C4CCC(C)CC4)ccc3n2)c1. The van der Waals surface area contributed by atoms with Crippen LogP contribution in [0.15, 0.2) is 91.0 Å². The predicted octanol–water partition coefficient (Wildman–Crippen LogP) is 9.70. The van der Waals surface area contributed by atoms with Crippen LogP contribution in [0.2, 0.25) is 5.02 Å². The lowest BCUT2D eigenvalue weighted by molar-refractivity contribution is 0.0697. The summed E-state index contributed by atoms with van der Waals surface area (Å²) in [5, 5.41) is 11.3. The van der Waals surface area contributed by atoms with E-state index in [2.05, 4.69) is 35.8 Å². The van der Waals surface area contributed by atoms with E-state index in [-0.39, 0.29) is 5.56 Å². The van der Waals surface area contributed by atoms with Crippen molar-refractivity contribution >= 4 is 39.5 Å². The number of ether oxygens (including phenoxy) is 1. The molecule has 4 aromatic carbocycles. The maximum Gasteiger partial charge on any atom is 0.335 e. The summed E-state index contributed by atoms with van der Waals surface area (Å²) in [5.41, 5.74) is 7.70. The second-order valence-corrected chi connectivity index (χ2v) is 12.2. The summed E-state index contributed by atoms with van der Waals surface area (Å²) < 4.78 is 7.90. The van der Waals surface area contributed by atoms with Gasteiger partial charge >= 0.3 is 5.97 Å². The fourth-order valence-corrected chi connectivity index (χ4v) is 6.59. The van der Waals surface area contributed by atoms with E-state index in [1.54, 1.807) is 19.2 Å². The molecule has 0 bridgehead atoms. The van der Waals surface area contributed by atoms with Crippen molar-refractivity contribution in [1.82, 2.24) is 14.5 Å². The second kappa shape index (κ2) is 11.4. The maximum atomic E-state index is 11.7. The lowest BCUT2D eigenvalue weighted by Gasteiger charge is -2.29. The molecule has 0 atom stereocenters. The Labute approximate surface area is 260 Å². The summed E-state index contributed by atoms with van der Waals surface area (Å²) in [7, 11) is 1.67. The Balaban J connectivity index is 1.32. The molecule has 1 N–H and O–H groups in total. The highest BCUT2D eigenvalue weighted by Gasteiger charge is 2.25. The molecule has 1 fully saturated rings. The smallest absolute Gasteiger partial charge is 0.335 e. The van der Waals surface area contributed by atoms with Gasteiger partial charge in [-0.05, 0) is 109 Å². The zero-order valence-electron chi connectivity index (χ0n) is 24.6. The number of rotatable bonds is 6. The van der Waals surface area contributed by atoms with E-state index in [0.717, 1.165) is 68.8 Å². The topological polar surface area (TPSA) is 77.2 Å². The van der Waals surface area contributed by atoms with Crippen molar-refractivity contribution < 1.29 is 14.6 Å². The van der Waals surface area contributed by atoms with Crippen LogP contribution in [0, 0.1) is 5.92 Å². The summed E-state index contributed by atoms with van der Waals surface area (Å²) in [4.78, 5) is 21.8. The number of carboxylic acids is 1. The summed E-state index contributed by atoms with van der Waals surface area (Å²) in [6, 6.07) is 29.8. The quantitative estimate of drug-likeness (QED) is 0.206. The van der Waals surface area contributed by atoms with E-state index in [0.29, 0.717) is 22.5 Å². The summed E-state index contributed by atoms with van der Waals surface area (Å²) >= 11 is 6.17. The minimum Gasteiger partial charge on any atom is -0.497 e. The first kappa shape index (κ1) is 28.1. The van der Waals surface area contributed by atoms with Crippen LogP contribution in [0.4, 0.5) is 0 Å². The van der Waals surface area contributed by atoms with Crippen LogP contribution in [-0.4, -0.2) is 32.7 Å². The van der Waals surface area contributed by atoms with E-state index in [9.17, 15) is 9.90 Å². The third-order valence-electron chi connectivity index (χ3n) is 8.89. The molecule has 0 unspecified atom stereocenters. The molecule has 0 aliphatic heterocycles. The maximum absolute atomic E-state index is 11.7. The Bertz CT molecular complexity index is 2020. The fourth-order valence-electron chi connectivity index (χ4n) is 6.46. The molecule has 6 aromatic rings. The van der Waals surface area contributed by atoms with Gasteiger partial charge in [-0.2, -0.15) is 0 Å². The van der Waals surface area contributed by atoms with E-state index in [4.69, 9.17) is 26.3 Å². The normalized spacial score (nSPS) is 16.8. The van der Waals surface area contributed by atoms with Crippen molar-refractivity contribution in [1.29, 1.82) is 0 Å². The van der Waals surface area contributed by atoms with E-state index < -0.39 is 5.97 Å². The Morgan fingerprint density at radius 1 is 0.818 bits per heavy atom. The highest BCUT2D eigenvalue weighted by atomic mass is 35.5. The number of halogens is 1. The highest BCUT2D eigenvalue weighted by molar-refractivity contribution is 6.30. The lowest BCUT2D eigenvalue weighted by Crippen LogP contribution is -2.17. The molecule has 0 spiro atoms. The van der Waals surface area contributed by atoms with E-state index >= 15 is 0 Å². The second-order valence-electron chi connectivity index (χ2n) is 11.8. The minimum absolute atomic E-state index is 0.247. The lowest BCUT2D eigenvalue weighted by atomic mass is 9.87. The Kier molecular flexibility index (Phi) is 7.31. The number of benzene rings is 4. The molecule has 1 aliphatic carbocycles. The molecule has 6 nitrogen and oxygen atoms in total.